The number of hydrogen-bond acceptors (Lipinski definition) is 6. The lowest BCUT2D eigenvalue weighted by molar-refractivity contribution is 0.366. The highest BCUT2D eigenvalue weighted by atomic mass is 35.5. The van der Waals surface area contributed by atoms with Gasteiger partial charge < -0.3 is 9.47 Å². The van der Waals surface area contributed by atoms with Gasteiger partial charge in [0.05, 0.1) is 24.1 Å². The van der Waals surface area contributed by atoms with Crippen molar-refractivity contribution >= 4 is 32.7 Å². The first-order valence-electron chi connectivity index (χ1n) is 8.94. The second kappa shape index (κ2) is 7.62. The second-order valence-electron chi connectivity index (χ2n) is 6.56. The van der Waals surface area contributed by atoms with E-state index < -0.39 is 10.0 Å². The number of halogens is 1. The van der Waals surface area contributed by atoms with Crippen molar-refractivity contribution < 1.29 is 17.9 Å². The molecule has 9 heteroatoms. The molecule has 4 rings (SSSR count). The zero-order chi connectivity index (χ0) is 21.5. The van der Waals surface area contributed by atoms with E-state index in [0.29, 0.717) is 27.4 Å². The second-order valence-corrected chi connectivity index (χ2v) is 8.78. The smallest absolute Gasteiger partial charge is 0.269 e. The van der Waals surface area contributed by atoms with Crippen LogP contribution < -0.4 is 9.47 Å². The van der Waals surface area contributed by atoms with Gasteiger partial charge >= 0.3 is 0 Å². The topological polar surface area (TPSA) is 83.3 Å². The average Bonchev–Trinajstić information content (AvgIpc) is 3.15. The third-order valence-electron chi connectivity index (χ3n) is 4.71. The van der Waals surface area contributed by atoms with Crippen LogP contribution >= 0.6 is 11.6 Å². The molecule has 4 aromatic rings. The summed E-state index contributed by atoms with van der Waals surface area (Å²) in [6.07, 6.45) is 2.96. The Hall–Kier alpha value is -3.10. The summed E-state index contributed by atoms with van der Waals surface area (Å²) in [6, 6.07) is 11.6. The summed E-state index contributed by atoms with van der Waals surface area (Å²) >= 11 is 6.46. The van der Waals surface area contributed by atoms with E-state index in [2.05, 4.69) is 9.97 Å². The van der Waals surface area contributed by atoms with Gasteiger partial charge in [-0.15, -0.1) is 0 Å². The van der Waals surface area contributed by atoms with Gasteiger partial charge in [-0.05, 0) is 31.2 Å². The number of fused-ring (bicyclic) bond motifs is 1. The monoisotopic (exact) mass is 443 g/mol. The highest BCUT2D eigenvalue weighted by molar-refractivity contribution is 7.90. The Morgan fingerprint density at radius 1 is 0.967 bits per heavy atom. The van der Waals surface area contributed by atoms with E-state index in [0.717, 1.165) is 9.54 Å². The van der Waals surface area contributed by atoms with Crippen molar-refractivity contribution in [2.45, 2.75) is 11.8 Å². The predicted octanol–water partition coefficient (Wildman–Crippen LogP) is 4.31. The molecule has 0 unspecified atom stereocenters. The normalized spacial score (nSPS) is 11.6. The molecule has 0 aliphatic rings. The van der Waals surface area contributed by atoms with Crippen LogP contribution in [0.15, 0.2) is 59.8 Å². The van der Waals surface area contributed by atoms with Crippen LogP contribution in [0.4, 0.5) is 0 Å². The fraction of sp³-hybridized carbons (Fsp3) is 0.143. The number of hydrogen-bond donors (Lipinski definition) is 0. The van der Waals surface area contributed by atoms with E-state index in [1.807, 2.05) is 6.92 Å². The number of pyridine rings is 2. The standard InChI is InChI=1S/C21H18ClN3O4S/c1-13-4-6-14(7-5-13)30(26,27)25-12-16(19-17(22)10-11-23-20(19)25)15-8-9-18(28-2)24-21(15)29-3/h4-12H,1-3H3. The summed E-state index contributed by atoms with van der Waals surface area (Å²) in [6.45, 7) is 1.89. The van der Waals surface area contributed by atoms with E-state index in [4.69, 9.17) is 21.1 Å². The molecule has 3 heterocycles. The Labute approximate surface area is 178 Å². The van der Waals surface area contributed by atoms with Crippen molar-refractivity contribution in [3.05, 3.63) is 65.4 Å². The van der Waals surface area contributed by atoms with Crippen LogP contribution in [0, 0.1) is 6.92 Å². The van der Waals surface area contributed by atoms with Gasteiger partial charge in [0.2, 0.25) is 11.8 Å². The molecule has 0 saturated carbocycles. The first kappa shape index (κ1) is 20.2. The molecule has 0 fully saturated rings. The van der Waals surface area contributed by atoms with Crippen LogP contribution in [0.5, 0.6) is 11.8 Å². The van der Waals surface area contributed by atoms with E-state index in [9.17, 15) is 8.42 Å². The molecule has 0 N–H and O–H groups in total. The number of ether oxygens (including phenoxy) is 2. The zero-order valence-corrected chi connectivity index (χ0v) is 18.0. The lowest BCUT2D eigenvalue weighted by Gasteiger charge is -2.08. The molecule has 0 atom stereocenters. The Morgan fingerprint density at radius 3 is 2.37 bits per heavy atom. The molecule has 0 bridgehead atoms. The zero-order valence-electron chi connectivity index (χ0n) is 16.5. The third-order valence-corrected chi connectivity index (χ3v) is 6.69. The summed E-state index contributed by atoms with van der Waals surface area (Å²) in [5, 5.41) is 0.853. The largest absolute Gasteiger partial charge is 0.481 e. The molecular weight excluding hydrogens is 426 g/mol. The average molecular weight is 444 g/mol. The quantitative estimate of drug-likeness (QED) is 0.457. The maximum atomic E-state index is 13.4. The van der Waals surface area contributed by atoms with Crippen LogP contribution in [-0.4, -0.2) is 36.6 Å². The Bertz CT molecular complexity index is 1350. The van der Waals surface area contributed by atoms with Crippen LogP contribution in [0.2, 0.25) is 5.02 Å². The maximum absolute atomic E-state index is 13.4. The molecule has 0 saturated heterocycles. The molecule has 0 amide bonds. The van der Waals surface area contributed by atoms with Gasteiger partial charge in [-0.1, -0.05) is 29.3 Å². The van der Waals surface area contributed by atoms with Crippen molar-refractivity contribution in [2.75, 3.05) is 14.2 Å². The van der Waals surface area contributed by atoms with Crippen molar-refractivity contribution in [1.29, 1.82) is 0 Å². The first-order chi connectivity index (χ1) is 14.4. The number of methoxy groups -OCH3 is 2. The minimum absolute atomic E-state index is 0.151. The summed E-state index contributed by atoms with van der Waals surface area (Å²) < 4.78 is 38.5. The summed E-state index contributed by atoms with van der Waals surface area (Å²) in [7, 11) is -0.927. The molecule has 1 aromatic carbocycles. The molecule has 30 heavy (non-hydrogen) atoms. The van der Waals surface area contributed by atoms with Crippen molar-refractivity contribution in [3.8, 4) is 22.9 Å². The van der Waals surface area contributed by atoms with Crippen molar-refractivity contribution in [3.63, 3.8) is 0 Å². The number of nitrogens with zero attached hydrogens (tertiary/aromatic N) is 3. The summed E-state index contributed by atoms with van der Waals surface area (Å²) in [5.74, 6) is 0.650. The van der Waals surface area contributed by atoms with Gasteiger partial charge in [-0.3, -0.25) is 0 Å². The lowest BCUT2D eigenvalue weighted by Crippen LogP contribution is -2.12. The fourth-order valence-corrected chi connectivity index (χ4v) is 4.76. The van der Waals surface area contributed by atoms with Gasteiger partial charge in [0.15, 0.2) is 5.65 Å². The molecule has 0 spiro atoms. The molecule has 7 nitrogen and oxygen atoms in total. The number of aryl methyl sites for hydroxylation is 1. The highest BCUT2D eigenvalue weighted by Gasteiger charge is 2.25. The van der Waals surface area contributed by atoms with Crippen LogP contribution in [0.1, 0.15) is 5.56 Å². The first-order valence-corrected chi connectivity index (χ1v) is 10.8. The van der Waals surface area contributed by atoms with Gasteiger partial charge in [-0.25, -0.2) is 17.4 Å². The predicted molar refractivity (Wildman–Crippen MR) is 115 cm³/mol. The SMILES string of the molecule is COc1ccc(-c2cn(S(=O)(=O)c3ccc(C)cc3)c3nccc(Cl)c23)c(OC)n1. The van der Waals surface area contributed by atoms with E-state index in [1.165, 1.54) is 26.6 Å². The number of aromatic nitrogens is 3. The van der Waals surface area contributed by atoms with Crippen molar-refractivity contribution in [2.24, 2.45) is 0 Å². The highest BCUT2D eigenvalue weighted by Crippen LogP contribution is 2.40. The van der Waals surface area contributed by atoms with Crippen LogP contribution in [0.25, 0.3) is 22.2 Å². The van der Waals surface area contributed by atoms with Gasteiger partial charge in [0.1, 0.15) is 0 Å². The van der Waals surface area contributed by atoms with Gasteiger partial charge in [0.25, 0.3) is 10.0 Å². The third kappa shape index (κ3) is 3.28. The number of rotatable bonds is 5. The Balaban J connectivity index is 2.02. The van der Waals surface area contributed by atoms with E-state index in [-0.39, 0.29) is 16.4 Å². The van der Waals surface area contributed by atoms with Crippen LogP contribution in [-0.2, 0) is 10.0 Å². The Morgan fingerprint density at radius 2 is 1.70 bits per heavy atom. The lowest BCUT2D eigenvalue weighted by atomic mass is 10.1. The minimum Gasteiger partial charge on any atom is -0.481 e. The minimum atomic E-state index is -3.91. The van der Waals surface area contributed by atoms with E-state index >= 15 is 0 Å². The molecule has 3 aromatic heterocycles. The maximum Gasteiger partial charge on any atom is 0.269 e. The van der Waals surface area contributed by atoms with Gasteiger partial charge in [-0.2, -0.15) is 4.98 Å². The molecule has 0 radical (unpaired) electrons. The van der Waals surface area contributed by atoms with Gasteiger partial charge in [0, 0.05) is 35.0 Å². The number of benzene rings is 1. The molecular formula is C21H18ClN3O4S. The van der Waals surface area contributed by atoms with Crippen molar-refractivity contribution in [1.82, 2.24) is 13.9 Å². The van der Waals surface area contributed by atoms with Crippen LogP contribution in [0.3, 0.4) is 0 Å². The fourth-order valence-electron chi connectivity index (χ4n) is 3.20. The molecule has 154 valence electrons. The van der Waals surface area contributed by atoms with E-state index in [1.54, 1.807) is 42.5 Å². The molecule has 0 aliphatic carbocycles. The summed E-state index contributed by atoms with van der Waals surface area (Å²) in [4.78, 5) is 8.75. The summed E-state index contributed by atoms with van der Waals surface area (Å²) in [5.41, 5.74) is 2.28. The Kier molecular flexibility index (Phi) is 5.13. The molecule has 0 aliphatic heterocycles.